The van der Waals surface area contributed by atoms with Crippen molar-refractivity contribution in [2.75, 3.05) is 36.8 Å². The second kappa shape index (κ2) is 14.3. The molecule has 2 fully saturated rings. The Morgan fingerprint density at radius 1 is 0.896 bits per heavy atom. The molecule has 8 nitrogen and oxygen atoms in total. The van der Waals surface area contributed by atoms with Gasteiger partial charge in [-0.2, -0.15) is 13.2 Å². The molecule has 3 amide bonds. The minimum atomic E-state index is -4.95. The van der Waals surface area contributed by atoms with Gasteiger partial charge in [-0.05, 0) is 94.1 Å². The molecule has 0 radical (unpaired) electrons. The first kappa shape index (κ1) is 34.9. The van der Waals surface area contributed by atoms with E-state index in [-0.39, 0.29) is 24.3 Å². The van der Waals surface area contributed by atoms with Gasteiger partial charge < -0.3 is 19.9 Å². The number of nitrogens with one attached hydrogen (secondary N) is 2. The van der Waals surface area contributed by atoms with Crippen LogP contribution in [-0.4, -0.2) is 71.7 Å². The average molecular weight is 669 g/mol. The number of rotatable bonds is 11. The molecule has 48 heavy (non-hydrogen) atoms. The highest BCUT2D eigenvalue weighted by Gasteiger charge is 2.52. The van der Waals surface area contributed by atoms with Crippen molar-refractivity contribution in [2.24, 2.45) is 5.92 Å². The van der Waals surface area contributed by atoms with E-state index >= 15 is 0 Å². The number of hydrogen-bond donors (Lipinski definition) is 2. The third kappa shape index (κ3) is 9.33. The van der Waals surface area contributed by atoms with Crippen LogP contribution in [0.4, 0.5) is 33.7 Å². The predicted octanol–water partition coefficient (Wildman–Crippen LogP) is 7.24. The van der Waals surface area contributed by atoms with Crippen molar-refractivity contribution in [1.29, 1.82) is 0 Å². The maximum Gasteiger partial charge on any atom is 0.471 e. The van der Waals surface area contributed by atoms with Crippen LogP contribution >= 0.6 is 0 Å². The van der Waals surface area contributed by atoms with Gasteiger partial charge in [0.2, 0.25) is 0 Å². The number of para-hydroxylation sites is 2. The van der Waals surface area contributed by atoms with Crippen LogP contribution in [0.3, 0.4) is 0 Å². The molecule has 2 N–H and O–H groups in total. The first-order valence-corrected chi connectivity index (χ1v) is 16.0. The summed E-state index contributed by atoms with van der Waals surface area (Å²) >= 11 is 0. The van der Waals surface area contributed by atoms with E-state index in [0.29, 0.717) is 36.4 Å². The number of likely N-dealkylation sites (tertiary alicyclic amines) is 1. The first-order valence-electron chi connectivity index (χ1n) is 16.0. The van der Waals surface area contributed by atoms with Crippen molar-refractivity contribution in [1.82, 2.24) is 9.80 Å². The molecule has 12 heteroatoms. The molecule has 2 unspecified atom stereocenters. The number of carbonyl (C=O) groups excluding carboxylic acids is 3. The van der Waals surface area contributed by atoms with Crippen LogP contribution in [-0.2, 0) is 16.0 Å². The van der Waals surface area contributed by atoms with Gasteiger partial charge in [0.15, 0.2) is 0 Å². The number of benzene rings is 3. The monoisotopic (exact) mass is 668 g/mol. The molecule has 0 spiro atoms. The number of alkyl halides is 3. The summed E-state index contributed by atoms with van der Waals surface area (Å²) in [6, 6.07) is 19.2. The molecule has 0 bridgehead atoms. The van der Waals surface area contributed by atoms with Crippen LogP contribution < -0.4 is 10.6 Å². The van der Waals surface area contributed by atoms with E-state index in [1.807, 2.05) is 12.1 Å². The minimum Gasteiger partial charge on any atom is -0.444 e. The molecule has 1 aliphatic carbocycles. The highest BCUT2D eigenvalue weighted by atomic mass is 19.4. The lowest BCUT2D eigenvalue weighted by Crippen LogP contribution is -2.54. The molecule has 3 aromatic rings. The summed E-state index contributed by atoms with van der Waals surface area (Å²) in [6.07, 6.45) is -3.56. The van der Waals surface area contributed by atoms with E-state index in [9.17, 15) is 31.9 Å². The number of carbonyl (C=O) groups is 3. The standard InChI is InChI=1S/C36H40F4N4O4/c1-35(2,3)48-34(47)42-30-9-5-4-8-29(30)41-32(45)26-12-10-23(11-13-26)7-6-18-43-20-24(21-43)22-44(33(46)36(38,39)40)31-19-28(31)25-14-16-27(37)17-15-25/h4-5,8-17,24,28,31H,6-7,18-22H2,1-3H3,(H,41,45)(H,42,47). The van der Waals surface area contributed by atoms with Crippen LogP contribution in [0.5, 0.6) is 0 Å². The zero-order valence-electron chi connectivity index (χ0n) is 27.1. The molecule has 1 heterocycles. The highest BCUT2D eigenvalue weighted by molar-refractivity contribution is 6.06. The van der Waals surface area contributed by atoms with Gasteiger partial charge in [-0.1, -0.05) is 36.4 Å². The molecular formula is C36H40F4N4O4. The number of halogens is 4. The molecule has 2 aliphatic rings. The van der Waals surface area contributed by atoms with Crippen molar-refractivity contribution in [3.63, 3.8) is 0 Å². The summed E-state index contributed by atoms with van der Waals surface area (Å²) in [7, 11) is 0. The Hall–Kier alpha value is -4.45. The lowest BCUT2D eigenvalue weighted by atomic mass is 9.98. The van der Waals surface area contributed by atoms with Gasteiger partial charge in [0.25, 0.3) is 5.91 Å². The number of ether oxygens (including phenoxy) is 1. The summed E-state index contributed by atoms with van der Waals surface area (Å²) in [5.41, 5.74) is 2.40. The van der Waals surface area contributed by atoms with Crippen LogP contribution in [0.25, 0.3) is 0 Å². The zero-order chi connectivity index (χ0) is 34.6. The lowest BCUT2D eigenvalue weighted by molar-refractivity contribution is -0.187. The van der Waals surface area contributed by atoms with Crippen LogP contribution in [0.2, 0.25) is 0 Å². The van der Waals surface area contributed by atoms with Crippen LogP contribution in [0.1, 0.15) is 61.0 Å². The fourth-order valence-corrected chi connectivity index (χ4v) is 6.02. The van der Waals surface area contributed by atoms with E-state index in [0.717, 1.165) is 35.4 Å². The van der Waals surface area contributed by atoms with E-state index in [2.05, 4.69) is 15.5 Å². The molecule has 5 rings (SSSR count). The number of nitrogens with zero attached hydrogens (tertiary/aromatic N) is 2. The average Bonchev–Trinajstić information content (AvgIpc) is 3.78. The Labute approximate surface area is 277 Å². The number of aryl methyl sites for hydroxylation is 1. The van der Waals surface area contributed by atoms with E-state index < -0.39 is 35.6 Å². The van der Waals surface area contributed by atoms with Crippen molar-refractivity contribution in [3.05, 3.63) is 95.3 Å². The Morgan fingerprint density at radius 2 is 1.52 bits per heavy atom. The summed E-state index contributed by atoms with van der Waals surface area (Å²) in [4.78, 5) is 40.6. The Kier molecular flexibility index (Phi) is 10.4. The predicted molar refractivity (Wildman–Crippen MR) is 174 cm³/mol. The number of hydrogen-bond acceptors (Lipinski definition) is 5. The molecule has 3 aromatic carbocycles. The van der Waals surface area contributed by atoms with Gasteiger partial charge in [-0.15, -0.1) is 0 Å². The summed E-state index contributed by atoms with van der Waals surface area (Å²) < 4.78 is 58.9. The normalized spacial score (nSPS) is 18.1. The fourth-order valence-electron chi connectivity index (χ4n) is 6.02. The topological polar surface area (TPSA) is 91.0 Å². The molecular weight excluding hydrogens is 628 g/mol. The Morgan fingerprint density at radius 3 is 2.12 bits per heavy atom. The summed E-state index contributed by atoms with van der Waals surface area (Å²) in [5.74, 6) is -2.83. The smallest absolute Gasteiger partial charge is 0.444 e. The maximum atomic E-state index is 13.4. The quantitative estimate of drug-likeness (QED) is 0.211. The van der Waals surface area contributed by atoms with Gasteiger partial charge in [0, 0.05) is 43.1 Å². The largest absolute Gasteiger partial charge is 0.471 e. The van der Waals surface area contributed by atoms with Gasteiger partial charge in [-0.3, -0.25) is 14.9 Å². The van der Waals surface area contributed by atoms with E-state index in [1.165, 1.54) is 12.1 Å². The molecule has 1 saturated carbocycles. The summed E-state index contributed by atoms with van der Waals surface area (Å²) in [5, 5.41) is 5.49. The molecule has 1 saturated heterocycles. The second-order valence-corrected chi connectivity index (χ2v) is 13.5. The van der Waals surface area contributed by atoms with Gasteiger partial charge in [-0.25, -0.2) is 9.18 Å². The van der Waals surface area contributed by atoms with Gasteiger partial charge in [0.05, 0.1) is 11.4 Å². The Balaban J connectivity index is 1.06. The second-order valence-electron chi connectivity index (χ2n) is 13.5. The van der Waals surface area contributed by atoms with Gasteiger partial charge in [0.1, 0.15) is 11.4 Å². The zero-order valence-corrected chi connectivity index (χ0v) is 27.1. The summed E-state index contributed by atoms with van der Waals surface area (Å²) in [6.45, 7) is 7.30. The number of amides is 3. The molecule has 0 aromatic heterocycles. The van der Waals surface area contributed by atoms with E-state index in [4.69, 9.17) is 4.74 Å². The van der Waals surface area contributed by atoms with Crippen molar-refractivity contribution in [3.8, 4) is 0 Å². The third-order valence-corrected chi connectivity index (χ3v) is 8.41. The molecule has 2 atom stereocenters. The molecule has 1 aliphatic heterocycles. The molecule has 256 valence electrons. The van der Waals surface area contributed by atoms with Crippen molar-refractivity contribution in [2.45, 2.75) is 63.8 Å². The van der Waals surface area contributed by atoms with E-state index in [1.54, 1.807) is 69.3 Å². The third-order valence-electron chi connectivity index (χ3n) is 8.41. The Bertz CT molecular complexity index is 1600. The maximum absolute atomic E-state index is 13.4. The lowest BCUT2D eigenvalue weighted by Gasteiger charge is -2.42. The highest BCUT2D eigenvalue weighted by Crippen LogP contribution is 2.46. The van der Waals surface area contributed by atoms with Crippen molar-refractivity contribution >= 4 is 29.3 Å². The first-order chi connectivity index (χ1) is 22.7. The fraction of sp³-hybridized carbons (Fsp3) is 0.417. The van der Waals surface area contributed by atoms with Crippen LogP contribution in [0.15, 0.2) is 72.8 Å². The van der Waals surface area contributed by atoms with Gasteiger partial charge >= 0.3 is 18.2 Å². The SMILES string of the molecule is CC(C)(C)OC(=O)Nc1ccccc1NC(=O)c1ccc(CCCN2CC(CN(C(=O)C(F)(F)F)C3CC3c3ccc(F)cc3)C2)cc1. The van der Waals surface area contributed by atoms with Crippen LogP contribution in [0, 0.1) is 11.7 Å². The minimum absolute atomic E-state index is 0.0439. The van der Waals surface area contributed by atoms with Crippen molar-refractivity contribution < 1.29 is 36.7 Å². The number of anilines is 2.